The average molecular weight is 307 g/mol. The number of thioether (sulfide) groups is 1. The second-order valence-corrected chi connectivity index (χ2v) is 6.18. The summed E-state index contributed by atoms with van der Waals surface area (Å²) in [6.45, 7) is 0. The summed E-state index contributed by atoms with van der Waals surface area (Å²) in [5.41, 5.74) is 0.123. The van der Waals surface area contributed by atoms with Crippen molar-refractivity contribution in [1.82, 2.24) is 5.32 Å². The predicted molar refractivity (Wildman–Crippen MR) is 79.6 cm³/mol. The minimum Gasteiger partial charge on any atom is -0.324 e. The van der Waals surface area contributed by atoms with Crippen LogP contribution in [0.4, 0.5) is 10.1 Å². The number of aliphatic imine (C=N–C) groups is 1. The van der Waals surface area contributed by atoms with Gasteiger partial charge in [-0.15, -0.1) is 0 Å². The summed E-state index contributed by atoms with van der Waals surface area (Å²) in [6, 6.07) is 6.25. The molecule has 1 saturated carbocycles. The predicted octanol–water partition coefficient (Wildman–Crippen LogP) is 1.90. The van der Waals surface area contributed by atoms with Crippen LogP contribution in [-0.4, -0.2) is 28.3 Å². The maximum absolute atomic E-state index is 13.4. The van der Waals surface area contributed by atoms with Crippen LogP contribution >= 0.6 is 11.8 Å². The van der Waals surface area contributed by atoms with E-state index in [2.05, 4.69) is 15.6 Å². The molecule has 3 rings (SSSR count). The van der Waals surface area contributed by atoms with E-state index in [9.17, 15) is 14.0 Å². The number of rotatable bonds is 4. The minimum atomic E-state index is -0.505. The monoisotopic (exact) mass is 307 g/mol. The molecule has 2 aliphatic rings. The van der Waals surface area contributed by atoms with Gasteiger partial charge in [0.1, 0.15) is 11.1 Å². The number of hydrogen-bond donors (Lipinski definition) is 2. The molecule has 1 aromatic rings. The van der Waals surface area contributed by atoms with Gasteiger partial charge in [0.25, 0.3) is 0 Å². The van der Waals surface area contributed by atoms with E-state index in [1.807, 2.05) is 0 Å². The van der Waals surface area contributed by atoms with Gasteiger partial charge in [0.05, 0.1) is 11.7 Å². The highest BCUT2D eigenvalue weighted by molar-refractivity contribution is 8.15. The number of hydrogen-bond acceptors (Lipinski definition) is 4. The van der Waals surface area contributed by atoms with Gasteiger partial charge in [-0.25, -0.2) is 4.39 Å². The number of amides is 2. The average Bonchev–Trinajstić information content (AvgIpc) is 3.18. The van der Waals surface area contributed by atoms with E-state index in [0.29, 0.717) is 11.2 Å². The van der Waals surface area contributed by atoms with Gasteiger partial charge in [-0.2, -0.15) is 0 Å². The Hall–Kier alpha value is -1.89. The second-order valence-electron chi connectivity index (χ2n) is 4.99. The maximum Gasteiger partial charge on any atom is 0.240 e. The lowest BCUT2D eigenvalue weighted by molar-refractivity contribution is -0.122. The first kappa shape index (κ1) is 14.1. The number of para-hydroxylation sites is 1. The highest BCUT2D eigenvalue weighted by atomic mass is 32.2. The van der Waals surface area contributed by atoms with Crippen LogP contribution in [0.1, 0.15) is 19.3 Å². The Kier molecular flexibility index (Phi) is 3.92. The summed E-state index contributed by atoms with van der Waals surface area (Å²) in [7, 11) is 0. The van der Waals surface area contributed by atoms with Crippen LogP contribution in [0, 0.1) is 5.82 Å². The fraction of sp³-hybridized carbons (Fsp3) is 0.357. The molecule has 7 heteroatoms. The SMILES string of the molecule is O=C(C[C@H]1SC(=NC2CC2)NC1=O)Nc1ccccc1F. The molecule has 5 nitrogen and oxygen atoms in total. The molecule has 1 aliphatic heterocycles. The lowest BCUT2D eigenvalue weighted by Crippen LogP contribution is -2.28. The minimum absolute atomic E-state index is 0.00544. The molecule has 1 saturated heterocycles. The van der Waals surface area contributed by atoms with Crippen LogP contribution in [0.15, 0.2) is 29.3 Å². The standard InChI is InChI=1S/C14H14FN3O2S/c15-9-3-1-2-4-10(9)17-12(19)7-11-13(20)18-14(21-11)16-8-5-6-8/h1-4,8,11H,5-7H2,(H,17,19)(H,16,18,20)/t11-/m1/s1. The summed E-state index contributed by atoms with van der Waals surface area (Å²) >= 11 is 1.26. The molecule has 0 radical (unpaired) electrons. The van der Waals surface area contributed by atoms with Gasteiger partial charge in [-0.1, -0.05) is 23.9 Å². The van der Waals surface area contributed by atoms with Crippen molar-refractivity contribution in [2.45, 2.75) is 30.6 Å². The zero-order valence-electron chi connectivity index (χ0n) is 11.1. The Morgan fingerprint density at radius 2 is 2.19 bits per heavy atom. The van der Waals surface area contributed by atoms with E-state index in [4.69, 9.17) is 0 Å². The van der Waals surface area contributed by atoms with Gasteiger partial charge in [0, 0.05) is 6.42 Å². The van der Waals surface area contributed by atoms with Crippen molar-refractivity contribution in [2.24, 2.45) is 4.99 Å². The number of nitrogens with zero attached hydrogens (tertiary/aromatic N) is 1. The molecule has 0 unspecified atom stereocenters. The van der Waals surface area contributed by atoms with Gasteiger partial charge >= 0.3 is 0 Å². The molecule has 0 spiro atoms. The lowest BCUT2D eigenvalue weighted by Gasteiger charge is -2.07. The molecule has 2 amide bonds. The summed E-state index contributed by atoms with van der Waals surface area (Å²) in [5.74, 6) is -1.10. The Balaban J connectivity index is 1.57. The number of anilines is 1. The van der Waals surface area contributed by atoms with Gasteiger partial charge in [-0.05, 0) is 25.0 Å². The van der Waals surface area contributed by atoms with Gasteiger partial charge < -0.3 is 10.6 Å². The first-order valence-corrected chi connectivity index (χ1v) is 7.59. The van der Waals surface area contributed by atoms with E-state index in [0.717, 1.165) is 12.8 Å². The van der Waals surface area contributed by atoms with Crippen LogP contribution in [0.3, 0.4) is 0 Å². The first-order valence-electron chi connectivity index (χ1n) is 6.71. The van der Waals surface area contributed by atoms with E-state index >= 15 is 0 Å². The first-order chi connectivity index (χ1) is 10.1. The van der Waals surface area contributed by atoms with Crippen molar-refractivity contribution in [2.75, 3.05) is 5.32 Å². The van der Waals surface area contributed by atoms with Crippen LogP contribution < -0.4 is 10.6 Å². The summed E-state index contributed by atoms with van der Waals surface area (Å²) in [6.07, 6.45) is 2.10. The van der Waals surface area contributed by atoms with Crippen molar-refractivity contribution < 1.29 is 14.0 Å². The molecule has 1 aliphatic carbocycles. The third-order valence-electron chi connectivity index (χ3n) is 3.14. The molecule has 1 aromatic carbocycles. The number of halogens is 1. The number of carbonyl (C=O) groups is 2. The van der Waals surface area contributed by atoms with E-state index in [1.54, 1.807) is 12.1 Å². The van der Waals surface area contributed by atoms with E-state index in [-0.39, 0.29) is 23.9 Å². The topological polar surface area (TPSA) is 70.6 Å². The maximum atomic E-state index is 13.4. The molecular formula is C14H14FN3O2S. The highest BCUT2D eigenvalue weighted by Gasteiger charge is 2.33. The molecule has 2 N–H and O–H groups in total. The van der Waals surface area contributed by atoms with Crippen molar-refractivity contribution in [3.63, 3.8) is 0 Å². The Morgan fingerprint density at radius 1 is 1.43 bits per heavy atom. The third-order valence-corrected chi connectivity index (χ3v) is 4.24. The Bertz CT molecular complexity index is 616. The number of amidine groups is 1. The van der Waals surface area contributed by atoms with Crippen LogP contribution in [0.25, 0.3) is 0 Å². The summed E-state index contributed by atoms with van der Waals surface area (Å²) in [4.78, 5) is 28.0. The molecule has 1 heterocycles. The van der Waals surface area contributed by atoms with Crippen LogP contribution in [0.5, 0.6) is 0 Å². The zero-order chi connectivity index (χ0) is 14.8. The summed E-state index contributed by atoms with van der Waals surface area (Å²) < 4.78 is 13.4. The van der Waals surface area contributed by atoms with E-state index in [1.165, 1.54) is 23.9 Å². The quantitative estimate of drug-likeness (QED) is 0.892. The Labute approximate surface area is 125 Å². The molecule has 110 valence electrons. The van der Waals surface area contributed by atoms with Gasteiger partial charge in [-0.3, -0.25) is 14.6 Å². The smallest absolute Gasteiger partial charge is 0.240 e. The molecule has 0 aromatic heterocycles. The largest absolute Gasteiger partial charge is 0.324 e. The summed E-state index contributed by atoms with van der Waals surface area (Å²) in [5, 5.41) is 5.24. The number of benzene rings is 1. The van der Waals surface area contributed by atoms with Crippen molar-refractivity contribution in [1.29, 1.82) is 0 Å². The Morgan fingerprint density at radius 3 is 2.90 bits per heavy atom. The third kappa shape index (κ3) is 3.60. The van der Waals surface area contributed by atoms with Crippen LogP contribution in [0.2, 0.25) is 0 Å². The molecule has 21 heavy (non-hydrogen) atoms. The fourth-order valence-corrected chi connectivity index (χ4v) is 2.94. The molecule has 2 fully saturated rings. The zero-order valence-corrected chi connectivity index (χ0v) is 12.0. The molecular weight excluding hydrogens is 293 g/mol. The van der Waals surface area contributed by atoms with E-state index < -0.39 is 11.1 Å². The number of carbonyl (C=O) groups excluding carboxylic acids is 2. The fourth-order valence-electron chi connectivity index (χ4n) is 1.90. The number of nitrogens with one attached hydrogen (secondary N) is 2. The lowest BCUT2D eigenvalue weighted by atomic mass is 10.2. The molecule has 1 atom stereocenters. The van der Waals surface area contributed by atoms with Gasteiger partial charge in [0.2, 0.25) is 11.8 Å². The van der Waals surface area contributed by atoms with Crippen LogP contribution in [-0.2, 0) is 9.59 Å². The normalized spacial score (nSPS) is 23.2. The van der Waals surface area contributed by atoms with Crippen molar-refractivity contribution >= 4 is 34.4 Å². The van der Waals surface area contributed by atoms with Gasteiger partial charge in [0.15, 0.2) is 5.17 Å². The van der Waals surface area contributed by atoms with Crippen molar-refractivity contribution in [3.05, 3.63) is 30.1 Å². The molecule has 0 bridgehead atoms. The highest BCUT2D eigenvalue weighted by Crippen LogP contribution is 2.29. The van der Waals surface area contributed by atoms with Crippen molar-refractivity contribution in [3.8, 4) is 0 Å². The second kappa shape index (κ2) is 5.85.